The van der Waals surface area contributed by atoms with Gasteiger partial charge in [-0.15, -0.1) is 0 Å². The second-order valence-electron chi connectivity index (χ2n) is 7.54. The highest BCUT2D eigenvalue weighted by Crippen LogP contribution is 2.26. The predicted molar refractivity (Wildman–Crippen MR) is 118 cm³/mol. The van der Waals surface area contributed by atoms with Gasteiger partial charge in [-0.3, -0.25) is 4.98 Å². The maximum Gasteiger partial charge on any atom is 0.350 e. The summed E-state index contributed by atoms with van der Waals surface area (Å²) in [6, 6.07) is 11.1. The van der Waals surface area contributed by atoms with Crippen molar-refractivity contribution in [2.45, 2.75) is 26.6 Å². The zero-order valence-corrected chi connectivity index (χ0v) is 17.7. The fourth-order valence-electron chi connectivity index (χ4n) is 2.99. The maximum absolute atomic E-state index is 12.1. The predicted octanol–water partition coefficient (Wildman–Crippen LogP) is 3.72. The van der Waals surface area contributed by atoms with E-state index < -0.39 is 17.7 Å². The van der Waals surface area contributed by atoms with Crippen molar-refractivity contribution in [3.8, 4) is 11.3 Å². The Hall–Kier alpha value is -4.27. The van der Waals surface area contributed by atoms with E-state index in [0.29, 0.717) is 11.6 Å². The molecule has 9 nitrogen and oxygen atoms in total. The number of esters is 2. The molecule has 0 radical (unpaired) electrons. The number of anilines is 3. The van der Waals surface area contributed by atoms with Gasteiger partial charge < -0.3 is 20.1 Å². The Morgan fingerprint density at radius 2 is 1.81 bits per heavy atom. The fraction of sp³-hybridized carbons (Fsp3) is 0.174. The largest absolute Gasteiger partial charge is 0.419 e. The topological polar surface area (TPSA) is 115 Å². The Labute approximate surface area is 184 Å². The van der Waals surface area contributed by atoms with Crippen LogP contribution in [0.15, 0.2) is 66.8 Å². The van der Waals surface area contributed by atoms with Gasteiger partial charge in [-0.05, 0) is 42.8 Å². The number of cyclic esters (lactones) is 2. The monoisotopic (exact) mass is 431 g/mol. The highest BCUT2D eigenvalue weighted by molar-refractivity contribution is 6.15. The first-order chi connectivity index (χ1) is 15.3. The Morgan fingerprint density at radius 3 is 2.53 bits per heavy atom. The van der Waals surface area contributed by atoms with Crippen molar-refractivity contribution in [1.29, 1.82) is 0 Å². The van der Waals surface area contributed by atoms with Gasteiger partial charge in [0.2, 0.25) is 5.95 Å². The average molecular weight is 431 g/mol. The van der Waals surface area contributed by atoms with Crippen molar-refractivity contribution in [2.24, 2.45) is 0 Å². The first-order valence-corrected chi connectivity index (χ1v) is 9.85. The Balaban J connectivity index is 1.53. The van der Waals surface area contributed by atoms with E-state index in [-0.39, 0.29) is 5.57 Å². The molecule has 2 aromatic heterocycles. The number of aryl methyl sites for hydroxylation is 1. The lowest BCUT2D eigenvalue weighted by Gasteiger charge is -2.29. The van der Waals surface area contributed by atoms with E-state index in [1.807, 2.05) is 43.3 Å². The number of benzene rings is 1. The van der Waals surface area contributed by atoms with Crippen LogP contribution in [0.3, 0.4) is 0 Å². The Kier molecular flexibility index (Phi) is 5.55. The second-order valence-corrected chi connectivity index (χ2v) is 7.54. The van der Waals surface area contributed by atoms with Crippen molar-refractivity contribution < 1.29 is 19.1 Å². The van der Waals surface area contributed by atoms with Crippen LogP contribution in [-0.2, 0) is 19.1 Å². The molecule has 1 aliphatic rings. The minimum atomic E-state index is -1.28. The SMILES string of the molecule is Cc1ccc(NC=C2C(=O)OC(C)(C)OC2=O)cc1Nc1nccc(-c2cccnc2)n1. The van der Waals surface area contributed by atoms with Gasteiger partial charge in [0.05, 0.1) is 5.69 Å². The number of nitrogens with one attached hydrogen (secondary N) is 2. The first kappa shape index (κ1) is 21.0. The van der Waals surface area contributed by atoms with Crippen LogP contribution in [0, 0.1) is 6.92 Å². The van der Waals surface area contributed by atoms with Gasteiger partial charge in [0.15, 0.2) is 5.57 Å². The molecular formula is C23H21N5O4. The summed E-state index contributed by atoms with van der Waals surface area (Å²) in [6.45, 7) is 4.93. The van der Waals surface area contributed by atoms with Crippen LogP contribution in [0.5, 0.6) is 0 Å². The molecule has 1 fully saturated rings. The molecule has 0 bridgehead atoms. The number of carbonyl (C=O) groups excluding carboxylic acids is 2. The fourth-order valence-corrected chi connectivity index (χ4v) is 2.99. The normalized spacial score (nSPS) is 14.9. The second kappa shape index (κ2) is 8.46. The molecule has 0 aliphatic carbocycles. The minimum absolute atomic E-state index is 0.216. The van der Waals surface area contributed by atoms with Crippen LogP contribution in [0.2, 0.25) is 0 Å². The van der Waals surface area contributed by atoms with Crippen molar-refractivity contribution in [3.05, 3.63) is 72.3 Å². The maximum atomic E-state index is 12.1. The van der Waals surface area contributed by atoms with Crippen LogP contribution in [0.25, 0.3) is 11.3 Å². The molecular weight excluding hydrogens is 410 g/mol. The molecule has 2 N–H and O–H groups in total. The van der Waals surface area contributed by atoms with Crippen LogP contribution in [0.4, 0.5) is 17.3 Å². The van der Waals surface area contributed by atoms with Crippen molar-refractivity contribution in [3.63, 3.8) is 0 Å². The van der Waals surface area contributed by atoms with Crippen molar-refractivity contribution >= 4 is 29.3 Å². The van der Waals surface area contributed by atoms with Crippen LogP contribution in [0.1, 0.15) is 19.4 Å². The van der Waals surface area contributed by atoms with E-state index in [1.54, 1.807) is 18.6 Å². The van der Waals surface area contributed by atoms with E-state index in [4.69, 9.17) is 9.47 Å². The van der Waals surface area contributed by atoms with Crippen molar-refractivity contribution in [2.75, 3.05) is 10.6 Å². The van der Waals surface area contributed by atoms with Gasteiger partial charge in [0.1, 0.15) is 0 Å². The Morgan fingerprint density at radius 1 is 1.03 bits per heavy atom. The Bertz CT molecular complexity index is 1190. The molecule has 3 aromatic rings. The zero-order valence-electron chi connectivity index (χ0n) is 17.7. The number of ether oxygens (including phenoxy) is 2. The number of hydrogen-bond acceptors (Lipinski definition) is 9. The molecule has 0 spiro atoms. The van der Waals surface area contributed by atoms with Crippen LogP contribution in [-0.4, -0.2) is 32.7 Å². The smallest absolute Gasteiger partial charge is 0.350 e. The number of pyridine rings is 1. The van der Waals surface area contributed by atoms with Gasteiger partial charge >= 0.3 is 11.9 Å². The molecule has 0 atom stereocenters. The third kappa shape index (κ3) is 4.72. The molecule has 32 heavy (non-hydrogen) atoms. The molecule has 4 rings (SSSR count). The summed E-state index contributed by atoms with van der Waals surface area (Å²) in [7, 11) is 0. The first-order valence-electron chi connectivity index (χ1n) is 9.85. The lowest BCUT2D eigenvalue weighted by atomic mass is 10.1. The van der Waals surface area contributed by atoms with Gasteiger partial charge in [-0.25, -0.2) is 19.6 Å². The van der Waals surface area contributed by atoms with E-state index in [2.05, 4.69) is 25.6 Å². The summed E-state index contributed by atoms with van der Waals surface area (Å²) in [5.41, 5.74) is 3.76. The molecule has 3 heterocycles. The number of nitrogens with zero attached hydrogens (tertiary/aromatic N) is 3. The molecule has 162 valence electrons. The quantitative estimate of drug-likeness (QED) is 0.354. The molecule has 1 aromatic carbocycles. The molecule has 9 heteroatoms. The summed E-state index contributed by atoms with van der Waals surface area (Å²) in [6.07, 6.45) is 6.38. The summed E-state index contributed by atoms with van der Waals surface area (Å²) >= 11 is 0. The molecule has 1 saturated heterocycles. The standard InChI is InChI=1S/C23H21N5O4/c1-14-6-7-16(26-13-17-20(29)31-23(2,3)32-21(17)30)11-19(14)28-22-25-10-8-18(27-22)15-5-4-9-24-12-15/h4-13,26H,1-3H3,(H,25,27,28). The van der Waals surface area contributed by atoms with E-state index in [0.717, 1.165) is 22.5 Å². The van der Waals surface area contributed by atoms with Gasteiger partial charge in [-0.2, -0.15) is 0 Å². The van der Waals surface area contributed by atoms with E-state index in [1.165, 1.54) is 20.0 Å². The molecule has 1 aliphatic heterocycles. The van der Waals surface area contributed by atoms with Crippen LogP contribution < -0.4 is 10.6 Å². The van der Waals surface area contributed by atoms with Crippen molar-refractivity contribution in [1.82, 2.24) is 15.0 Å². The third-order valence-corrected chi connectivity index (χ3v) is 4.60. The molecule has 0 saturated carbocycles. The summed E-state index contributed by atoms with van der Waals surface area (Å²) < 4.78 is 10.2. The average Bonchev–Trinajstić information content (AvgIpc) is 2.75. The number of carbonyl (C=O) groups is 2. The third-order valence-electron chi connectivity index (χ3n) is 4.60. The lowest BCUT2D eigenvalue weighted by Crippen LogP contribution is -2.42. The summed E-state index contributed by atoms with van der Waals surface area (Å²) in [4.78, 5) is 37.1. The lowest BCUT2D eigenvalue weighted by molar-refractivity contribution is -0.222. The summed E-state index contributed by atoms with van der Waals surface area (Å²) in [5.74, 6) is -2.35. The number of aromatic nitrogens is 3. The highest BCUT2D eigenvalue weighted by Gasteiger charge is 2.38. The number of rotatable bonds is 5. The van der Waals surface area contributed by atoms with E-state index in [9.17, 15) is 9.59 Å². The summed E-state index contributed by atoms with van der Waals surface area (Å²) in [5, 5.41) is 6.14. The highest BCUT2D eigenvalue weighted by atomic mass is 16.7. The minimum Gasteiger partial charge on any atom is -0.419 e. The van der Waals surface area contributed by atoms with Gasteiger partial charge in [0, 0.05) is 55.6 Å². The van der Waals surface area contributed by atoms with Crippen LogP contribution >= 0.6 is 0 Å². The van der Waals surface area contributed by atoms with E-state index >= 15 is 0 Å². The zero-order chi connectivity index (χ0) is 22.7. The van der Waals surface area contributed by atoms with Gasteiger partial charge in [0.25, 0.3) is 5.79 Å². The molecule has 0 unspecified atom stereocenters. The van der Waals surface area contributed by atoms with Gasteiger partial charge in [-0.1, -0.05) is 6.07 Å². The number of hydrogen-bond donors (Lipinski definition) is 2. The molecule has 0 amide bonds.